The van der Waals surface area contributed by atoms with E-state index in [0.29, 0.717) is 11.8 Å². The molecule has 4 heteroatoms. The zero-order valence-corrected chi connectivity index (χ0v) is 7.73. The molecule has 0 aliphatic heterocycles. The van der Waals surface area contributed by atoms with Crippen molar-refractivity contribution in [3.63, 3.8) is 0 Å². The van der Waals surface area contributed by atoms with Crippen molar-refractivity contribution < 1.29 is 0 Å². The van der Waals surface area contributed by atoms with E-state index >= 15 is 0 Å². The Balaban J connectivity index is 3.61. The highest BCUT2D eigenvalue weighted by molar-refractivity contribution is 6.21. The summed E-state index contributed by atoms with van der Waals surface area (Å²) in [5.41, 5.74) is 0. The molecule has 0 amide bonds. The first-order chi connectivity index (χ1) is 4.70. The minimum atomic E-state index is 0.0470. The summed E-state index contributed by atoms with van der Waals surface area (Å²) < 4.78 is 0. The molecule has 0 saturated heterocycles. The third kappa shape index (κ3) is 4.89. The Hall–Kier alpha value is 0.0500. The molecule has 0 heterocycles. The van der Waals surface area contributed by atoms with Crippen molar-refractivity contribution in [1.82, 2.24) is 4.90 Å². The molecule has 0 rings (SSSR count). The summed E-state index contributed by atoms with van der Waals surface area (Å²) in [5.74, 6) is 0.960. The van der Waals surface area contributed by atoms with E-state index in [1.807, 2.05) is 19.0 Å². The second-order valence-corrected chi connectivity index (χ2v) is 2.81. The van der Waals surface area contributed by atoms with Gasteiger partial charge in [0.15, 0.2) is 0 Å². The highest BCUT2D eigenvalue weighted by Gasteiger charge is 1.99. The normalized spacial score (nSPS) is 11.3. The fourth-order valence-electron chi connectivity index (χ4n) is 0.349. The summed E-state index contributed by atoms with van der Waals surface area (Å²) in [5, 5.41) is 0. The topological polar surface area (TPSA) is 15.6 Å². The number of nitrogens with zero attached hydrogens (tertiary/aromatic N) is 2. The second-order valence-electron chi connectivity index (χ2n) is 2.19. The molecule has 0 aliphatic carbocycles. The van der Waals surface area contributed by atoms with Crippen LogP contribution in [0.15, 0.2) is 4.99 Å². The molecule has 10 heavy (non-hydrogen) atoms. The first kappa shape index (κ1) is 10.0. The monoisotopic (exact) mass is 182 g/mol. The molecular formula is C6H12Cl2N2. The maximum Gasteiger partial charge on any atom is 0.0849 e. The summed E-state index contributed by atoms with van der Waals surface area (Å²) in [6.07, 6.45) is 1.72. The molecule has 0 spiro atoms. The van der Waals surface area contributed by atoms with Crippen LogP contribution in [-0.4, -0.2) is 43.1 Å². The van der Waals surface area contributed by atoms with Gasteiger partial charge in [0.25, 0.3) is 0 Å². The van der Waals surface area contributed by atoms with Crippen molar-refractivity contribution in [2.24, 2.45) is 4.99 Å². The zero-order valence-electron chi connectivity index (χ0n) is 6.22. The van der Waals surface area contributed by atoms with Gasteiger partial charge in [-0.15, -0.1) is 23.2 Å². The van der Waals surface area contributed by atoms with Crippen LogP contribution in [0.1, 0.15) is 0 Å². The minimum Gasteiger partial charge on any atom is -0.369 e. The highest BCUT2D eigenvalue weighted by atomic mass is 35.5. The van der Waals surface area contributed by atoms with Crippen molar-refractivity contribution in [3.05, 3.63) is 0 Å². The smallest absolute Gasteiger partial charge is 0.0849 e. The lowest BCUT2D eigenvalue weighted by molar-refractivity contribution is 0.633. The molecule has 0 saturated carbocycles. The van der Waals surface area contributed by atoms with E-state index in [1.165, 1.54) is 0 Å². The van der Waals surface area contributed by atoms with Gasteiger partial charge in [-0.2, -0.15) is 0 Å². The third-order valence-electron chi connectivity index (χ3n) is 0.865. The molecule has 60 valence electrons. The van der Waals surface area contributed by atoms with Gasteiger partial charge in [-0.25, -0.2) is 0 Å². The van der Waals surface area contributed by atoms with E-state index in [1.54, 1.807) is 6.34 Å². The summed E-state index contributed by atoms with van der Waals surface area (Å²) in [7, 11) is 3.81. The van der Waals surface area contributed by atoms with Gasteiger partial charge in [0.05, 0.1) is 12.4 Å². The van der Waals surface area contributed by atoms with Crippen LogP contribution in [-0.2, 0) is 0 Å². The fraction of sp³-hybridized carbons (Fsp3) is 0.833. The summed E-state index contributed by atoms with van der Waals surface area (Å²) in [6.45, 7) is 0. The molecule has 0 aromatic heterocycles. The molecule has 0 fully saturated rings. The van der Waals surface area contributed by atoms with Crippen LogP contribution < -0.4 is 0 Å². The van der Waals surface area contributed by atoms with Crippen molar-refractivity contribution in [3.8, 4) is 0 Å². The van der Waals surface area contributed by atoms with E-state index in [2.05, 4.69) is 4.99 Å². The summed E-state index contributed by atoms with van der Waals surface area (Å²) >= 11 is 11.1. The molecule has 0 radical (unpaired) electrons. The lowest BCUT2D eigenvalue weighted by Crippen LogP contribution is -2.14. The first-order valence-electron chi connectivity index (χ1n) is 3.02. The highest BCUT2D eigenvalue weighted by Crippen LogP contribution is 1.96. The Morgan fingerprint density at radius 1 is 1.40 bits per heavy atom. The maximum atomic E-state index is 5.53. The van der Waals surface area contributed by atoms with Crippen LogP contribution in [0.4, 0.5) is 0 Å². The first-order valence-corrected chi connectivity index (χ1v) is 4.09. The standard InChI is InChI=1S/C6H12Cl2N2/c1-10(2)5-9-6(3-7)4-8/h5-6H,3-4H2,1-2H3. The fourth-order valence-corrected chi connectivity index (χ4v) is 0.838. The average Bonchev–Trinajstić information content (AvgIpc) is 1.90. The van der Waals surface area contributed by atoms with E-state index in [-0.39, 0.29) is 6.04 Å². The van der Waals surface area contributed by atoms with Gasteiger partial charge >= 0.3 is 0 Å². The van der Waals surface area contributed by atoms with Crippen LogP contribution in [0.3, 0.4) is 0 Å². The average molecular weight is 183 g/mol. The number of halogens is 2. The van der Waals surface area contributed by atoms with Crippen molar-refractivity contribution >= 4 is 29.5 Å². The number of hydrogen-bond acceptors (Lipinski definition) is 1. The SMILES string of the molecule is CN(C)C=NC(CCl)CCl. The molecule has 0 N–H and O–H groups in total. The maximum absolute atomic E-state index is 5.53. The summed E-state index contributed by atoms with van der Waals surface area (Å²) in [6, 6.07) is 0.0470. The van der Waals surface area contributed by atoms with Crippen molar-refractivity contribution in [2.45, 2.75) is 6.04 Å². The van der Waals surface area contributed by atoms with Crippen molar-refractivity contribution in [2.75, 3.05) is 25.9 Å². The van der Waals surface area contributed by atoms with Crippen molar-refractivity contribution in [1.29, 1.82) is 0 Å². The van der Waals surface area contributed by atoms with Crippen LogP contribution >= 0.6 is 23.2 Å². The van der Waals surface area contributed by atoms with Gasteiger partial charge in [-0.05, 0) is 0 Å². The zero-order chi connectivity index (χ0) is 7.98. The predicted molar refractivity (Wildman–Crippen MR) is 47.4 cm³/mol. The van der Waals surface area contributed by atoms with Crippen LogP contribution in [0.25, 0.3) is 0 Å². The molecule has 0 bridgehead atoms. The van der Waals surface area contributed by atoms with E-state index in [4.69, 9.17) is 23.2 Å². The van der Waals surface area contributed by atoms with Gasteiger partial charge in [0.1, 0.15) is 0 Å². The van der Waals surface area contributed by atoms with Crippen LogP contribution in [0.2, 0.25) is 0 Å². The quantitative estimate of drug-likeness (QED) is 0.365. The Kier molecular flexibility index (Phi) is 5.84. The van der Waals surface area contributed by atoms with Gasteiger partial charge in [0.2, 0.25) is 0 Å². The molecule has 0 aromatic carbocycles. The van der Waals surface area contributed by atoms with Gasteiger partial charge in [-0.1, -0.05) is 0 Å². The van der Waals surface area contributed by atoms with E-state index in [0.717, 1.165) is 0 Å². The van der Waals surface area contributed by atoms with Gasteiger partial charge in [0, 0.05) is 25.9 Å². The lowest BCUT2D eigenvalue weighted by atomic mass is 10.4. The molecule has 0 aromatic rings. The van der Waals surface area contributed by atoms with E-state index in [9.17, 15) is 0 Å². The van der Waals surface area contributed by atoms with Crippen LogP contribution in [0, 0.1) is 0 Å². The van der Waals surface area contributed by atoms with E-state index < -0.39 is 0 Å². The second kappa shape index (κ2) is 5.81. The Labute approximate surface area is 71.8 Å². The summed E-state index contributed by atoms with van der Waals surface area (Å²) in [4.78, 5) is 5.95. The van der Waals surface area contributed by atoms with Gasteiger partial charge in [-0.3, -0.25) is 4.99 Å². The van der Waals surface area contributed by atoms with Gasteiger partial charge < -0.3 is 4.90 Å². The lowest BCUT2D eigenvalue weighted by Gasteiger charge is -2.06. The molecule has 0 atom stereocenters. The Morgan fingerprint density at radius 3 is 2.20 bits per heavy atom. The third-order valence-corrected chi connectivity index (χ3v) is 1.58. The molecule has 2 nitrogen and oxygen atoms in total. The molecule has 0 aliphatic rings. The predicted octanol–water partition coefficient (Wildman–Crippen LogP) is 1.42. The molecular weight excluding hydrogens is 171 g/mol. The Bertz CT molecular complexity index is 99.9. The number of rotatable bonds is 4. The number of hydrogen-bond donors (Lipinski definition) is 0. The minimum absolute atomic E-state index is 0.0470. The largest absolute Gasteiger partial charge is 0.369 e. The van der Waals surface area contributed by atoms with Crippen LogP contribution in [0.5, 0.6) is 0 Å². The number of aliphatic imine (C=N–C) groups is 1. The molecule has 0 unspecified atom stereocenters. The Morgan fingerprint density at radius 2 is 1.90 bits per heavy atom. The number of alkyl halides is 2.